The predicted molar refractivity (Wildman–Crippen MR) is 157 cm³/mol. The van der Waals surface area contributed by atoms with E-state index in [4.69, 9.17) is 21.7 Å². The fourth-order valence-corrected chi connectivity index (χ4v) is 6.24. The summed E-state index contributed by atoms with van der Waals surface area (Å²) in [6.45, 7) is 8.59. The van der Waals surface area contributed by atoms with Crippen LogP contribution in [-0.2, 0) is 19.1 Å². The van der Waals surface area contributed by atoms with Crippen molar-refractivity contribution in [2.24, 2.45) is 27.7 Å². The number of Topliss-reactive ketones (excluding diaryl/α,β-unsaturated/α-hetero) is 1. The van der Waals surface area contributed by atoms with Crippen molar-refractivity contribution in [1.29, 1.82) is 5.41 Å². The number of halogens is 4. The second-order valence-corrected chi connectivity index (χ2v) is 12.8. The molecule has 3 aliphatic rings. The number of alkyl halides is 3. The van der Waals surface area contributed by atoms with E-state index in [-0.39, 0.29) is 48.5 Å². The highest BCUT2D eigenvalue weighted by molar-refractivity contribution is 6.35. The predicted octanol–water partition coefficient (Wildman–Crippen LogP) is 6.83. The number of nitrogens with zero attached hydrogens (tertiary/aromatic N) is 2. The van der Waals surface area contributed by atoms with Gasteiger partial charge >= 0.3 is 12.1 Å². The lowest BCUT2D eigenvalue weighted by atomic mass is 9.74. The average molecular weight is 614 g/mol. The lowest BCUT2D eigenvalue weighted by molar-refractivity contribution is -0.156. The normalized spacial score (nSPS) is 25.5. The Labute approximate surface area is 251 Å². The smallest absolute Gasteiger partial charge is 0.430 e. The molecule has 1 N–H and O–H groups in total. The summed E-state index contributed by atoms with van der Waals surface area (Å²) < 4.78 is 48.4. The van der Waals surface area contributed by atoms with E-state index in [0.717, 1.165) is 30.6 Å². The van der Waals surface area contributed by atoms with Gasteiger partial charge in [0.2, 0.25) is 5.91 Å². The van der Waals surface area contributed by atoms with E-state index < -0.39 is 47.5 Å². The van der Waals surface area contributed by atoms with Crippen LogP contribution < -0.4 is 0 Å². The Hall–Kier alpha value is -2.49. The summed E-state index contributed by atoms with van der Waals surface area (Å²) in [5, 5.41) is 7.98. The largest absolute Gasteiger partial charge is 0.466 e. The Morgan fingerprint density at radius 3 is 2.19 bits per heavy atom. The van der Waals surface area contributed by atoms with E-state index >= 15 is 0 Å². The van der Waals surface area contributed by atoms with Gasteiger partial charge in [-0.2, -0.15) is 13.2 Å². The van der Waals surface area contributed by atoms with Gasteiger partial charge in [-0.25, -0.2) is 0 Å². The standard InChI is InChI=1S/C31H43ClF3N3O4/c1-5-24(32)20(3)25(39)19-38(18-21-7-13-30(14-8-21)15-16-30)27(40)23(17-36)26(31(33,34)35)37-22-9-11-29(4,12-10-22)28(41)42-6-2/h5,17,21-23,36H,3,6-16,18-19H2,1-2,4H3. The zero-order valence-electron chi connectivity index (χ0n) is 24.8. The molecule has 0 aliphatic heterocycles. The first-order chi connectivity index (χ1) is 19.7. The van der Waals surface area contributed by atoms with Crippen molar-refractivity contribution < 1.29 is 32.3 Å². The number of carbonyl (C=O) groups is 3. The van der Waals surface area contributed by atoms with Gasteiger partial charge in [-0.3, -0.25) is 19.4 Å². The van der Waals surface area contributed by atoms with Crippen LogP contribution in [0.25, 0.3) is 0 Å². The van der Waals surface area contributed by atoms with Gasteiger partial charge in [-0.1, -0.05) is 24.3 Å². The SMILES string of the molecule is C=C(C(=O)CN(CC1CCC2(CC1)CC2)C(=O)C(C=N)C(=NC1CCC(C)(C(=O)OCC)CC1)C(F)(F)F)C(Cl)=CC. The summed E-state index contributed by atoms with van der Waals surface area (Å²) in [7, 11) is 0. The van der Waals surface area contributed by atoms with E-state index in [1.54, 1.807) is 20.8 Å². The first-order valence-corrected chi connectivity index (χ1v) is 15.2. The number of carbonyl (C=O) groups excluding carboxylic acids is 3. The second-order valence-electron chi connectivity index (χ2n) is 12.4. The Morgan fingerprint density at radius 1 is 1.12 bits per heavy atom. The zero-order valence-corrected chi connectivity index (χ0v) is 25.6. The molecule has 3 rings (SSSR count). The van der Waals surface area contributed by atoms with Gasteiger partial charge in [-0.05, 0) is 96.3 Å². The first kappa shape index (κ1) is 34.0. The van der Waals surface area contributed by atoms with Crippen LogP contribution in [0.2, 0.25) is 0 Å². The lowest BCUT2D eigenvalue weighted by Crippen LogP contribution is -2.48. The molecule has 0 aromatic heterocycles. The van der Waals surface area contributed by atoms with E-state index in [1.807, 2.05) is 0 Å². The van der Waals surface area contributed by atoms with Gasteiger partial charge in [0.15, 0.2) is 5.78 Å². The number of aliphatic imine (C=N–C) groups is 1. The number of hydrogen-bond acceptors (Lipinski definition) is 6. The molecule has 1 unspecified atom stereocenters. The van der Waals surface area contributed by atoms with Crippen molar-refractivity contribution in [2.45, 2.75) is 97.2 Å². The van der Waals surface area contributed by atoms with Crippen molar-refractivity contribution in [3.8, 4) is 0 Å². The number of hydrogen-bond donors (Lipinski definition) is 1. The summed E-state index contributed by atoms with van der Waals surface area (Å²) in [4.78, 5) is 44.3. The molecule has 42 heavy (non-hydrogen) atoms. The molecule has 3 aliphatic carbocycles. The molecule has 0 heterocycles. The minimum Gasteiger partial charge on any atom is -0.466 e. The van der Waals surface area contributed by atoms with E-state index in [2.05, 4.69) is 11.6 Å². The van der Waals surface area contributed by atoms with Gasteiger partial charge in [0.05, 0.1) is 24.6 Å². The van der Waals surface area contributed by atoms with Crippen molar-refractivity contribution in [2.75, 3.05) is 19.7 Å². The quantitative estimate of drug-likeness (QED) is 0.113. The Balaban J connectivity index is 1.84. The summed E-state index contributed by atoms with van der Waals surface area (Å²) in [5.74, 6) is -3.90. The van der Waals surface area contributed by atoms with Crippen molar-refractivity contribution in [3.05, 3.63) is 23.3 Å². The maximum atomic E-state index is 14.4. The van der Waals surface area contributed by atoms with Gasteiger partial charge in [0.25, 0.3) is 0 Å². The monoisotopic (exact) mass is 613 g/mol. The fourth-order valence-electron chi connectivity index (χ4n) is 6.14. The molecule has 1 spiro atoms. The maximum Gasteiger partial charge on any atom is 0.430 e. The van der Waals surface area contributed by atoms with E-state index in [0.29, 0.717) is 24.5 Å². The molecular formula is C31H43ClF3N3O4. The van der Waals surface area contributed by atoms with Crippen molar-refractivity contribution in [3.63, 3.8) is 0 Å². The molecule has 0 bridgehead atoms. The number of ether oxygens (including phenoxy) is 1. The van der Waals surface area contributed by atoms with Crippen LogP contribution in [-0.4, -0.2) is 66.4 Å². The summed E-state index contributed by atoms with van der Waals surface area (Å²) in [6.07, 6.45) is 4.00. The van der Waals surface area contributed by atoms with Gasteiger partial charge in [0, 0.05) is 23.4 Å². The first-order valence-electron chi connectivity index (χ1n) is 14.8. The Bertz CT molecular complexity index is 1110. The van der Waals surface area contributed by atoms with Crippen molar-refractivity contribution >= 4 is 41.2 Å². The Kier molecular flexibility index (Phi) is 11.2. The fraction of sp³-hybridized carbons (Fsp3) is 0.710. The van der Waals surface area contributed by atoms with Crippen LogP contribution in [0.1, 0.15) is 85.0 Å². The topological polar surface area (TPSA) is 99.9 Å². The number of nitrogens with one attached hydrogen (secondary N) is 1. The molecule has 7 nitrogen and oxygen atoms in total. The third kappa shape index (κ3) is 8.32. The summed E-state index contributed by atoms with van der Waals surface area (Å²) >= 11 is 6.07. The van der Waals surface area contributed by atoms with Gasteiger partial charge < -0.3 is 15.0 Å². The Morgan fingerprint density at radius 2 is 1.71 bits per heavy atom. The number of rotatable bonds is 12. The number of ketones is 1. The molecule has 1 amide bonds. The summed E-state index contributed by atoms with van der Waals surface area (Å²) in [5.41, 5.74) is -1.80. The average Bonchev–Trinajstić information content (AvgIpc) is 3.72. The minimum absolute atomic E-state index is 0.0273. The number of amides is 1. The molecule has 0 aromatic carbocycles. The molecule has 234 valence electrons. The highest BCUT2D eigenvalue weighted by Gasteiger charge is 2.48. The van der Waals surface area contributed by atoms with Gasteiger partial charge in [0.1, 0.15) is 11.6 Å². The van der Waals surface area contributed by atoms with Crippen LogP contribution in [0.15, 0.2) is 28.3 Å². The maximum absolute atomic E-state index is 14.4. The lowest BCUT2D eigenvalue weighted by Gasteiger charge is -2.35. The second kappa shape index (κ2) is 13.9. The molecule has 3 saturated carbocycles. The number of esters is 1. The molecule has 0 saturated heterocycles. The highest BCUT2D eigenvalue weighted by Crippen LogP contribution is 2.57. The van der Waals surface area contributed by atoms with Crippen molar-refractivity contribution in [1.82, 2.24) is 4.90 Å². The molecule has 0 radical (unpaired) electrons. The highest BCUT2D eigenvalue weighted by atomic mass is 35.5. The van der Waals surface area contributed by atoms with E-state index in [9.17, 15) is 27.6 Å². The van der Waals surface area contributed by atoms with Crippen LogP contribution in [0.4, 0.5) is 13.2 Å². The molecule has 0 aromatic rings. The minimum atomic E-state index is -4.98. The van der Waals surface area contributed by atoms with Crippen LogP contribution >= 0.6 is 11.6 Å². The molecule has 3 fully saturated rings. The summed E-state index contributed by atoms with van der Waals surface area (Å²) in [6, 6.07) is -0.768. The van der Waals surface area contributed by atoms with Gasteiger partial charge in [-0.15, -0.1) is 0 Å². The third-order valence-corrected chi connectivity index (χ3v) is 9.74. The van der Waals surface area contributed by atoms with Crippen LogP contribution in [0.3, 0.4) is 0 Å². The molecular weight excluding hydrogens is 571 g/mol. The molecule has 11 heteroatoms. The van der Waals surface area contributed by atoms with Crippen LogP contribution in [0, 0.1) is 28.1 Å². The van der Waals surface area contributed by atoms with E-state index in [1.165, 1.54) is 18.9 Å². The zero-order chi connectivity index (χ0) is 31.3. The molecule has 1 atom stereocenters. The van der Waals surface area contributed by atoms with Crippen LogP contribution in [0.5, 0.6) is 0 Å². The number of allylic oxidation sites excluding steroid dienone is 2. The third-order valence-electron chi connectivity index (χ3n) is 9.29.